The molecular formula is C17H26N2. The zero-order valence-electron chi connectivity index (χ0n) is 12.3. The number of aryl methyl sites for hydroxylation is 1. The van der Waals surface area contributed by atoms with Crippen molar-refractivity contribution < 1.29 is 0 Å². The summed E-state index contributed by atoms with van der Waals surface area (Å²) in [5.74, 6) is 0. The molecule has 2 heterocycles. The van der Waals surface area contributed by atoms with Gasteiger partial charge in [-0.25, -0.2) is 0 Å². The molecule has 2 heteroatoms. The molecule has 104 valence electrons. The van der Waals surface area contributed by atoms with Crippen molar-refractivity contribution in [2.45, 2.75) is 45.2 Å². The van der Waals surface area contributed by atoms with E-state index >= 15 is 0 Å². The minimum atomic E-state index is 0.560. The quantitative estimate of drug-likeness (QED) is 0.803. The Hall–Kier alpha value is -0.860. The molecule has 0 radical (unpaired) electrons. The largest absolute Gasteiger partial charge is 0.298 e. The van der Waals surface area contributed by atoms with Gasteiger partial charge in [-0.15, -0.1) is 0 Å². The Morgan fingerprint density at radius 3 is 2.63 bits per heavy atom. The molecule has 2 saturated heterocycles. The standard InChI is InChI=1S/C17H26N2/c1-14-6-8-16(9-7-14)15(2)19-12-11-18-10-4-3-5-17(18)13-19/h6-9,15,17H,3-5,10-13H2,1-2H3. The van der Waals surface area contributed by atoms with E-state index in [9.17, 15) is 0 Å². The van der Waals surface area contributed by atoms with E-state index in [0.29, 0.717) is 6.04 Å². The average Bonchev–Trinajstić information content (AvgIpc) is 2.47. The molecule has 1 aromatic rings. The van der Waals surface area contributed by atoms with Gasteiger partial charge in [0, 0.05) is 31.7 Å². The first kappa shape index (κ1) is 13.1. The lowest BCUT2D eigenvalue weighted by atomic mass is 9.97. The van der Waals surface area contributed by atoms with Gasteiger partial charge in [0.25, 0.3) is 0 Å². The van der Waals surface area contributed by atoms with E-state index in [1.807, 2.05) is 0 Å². The van der Waals surface area contributed by atoms with E-state index in [1.54, 1.807) is 0 Å². The zero-order chi connectivity index (χ0) is 13.2. The van der Waals surface area contributed by atoms with Crippen molar-refractivity contribution >= 4 is 0 Å². The maximum atomic E-state index is 2.71. The summed E-state index contributed by atoms with van der Waals surface area (Å²) in [6, 6.07) is 10.5. The normalized spacial score (nSPS) is 26.9. The van der Waals surface area contributed by atoms with Crippen molar-refractivity contribution in [3.05, 3.63) is 35.4 Å². The fourth-order valence-corrected chi connectivity index (χ4v) is 3.59. The molecule has 2 aliphatic rings. The van der Waals surface area contributed by atoms with E-state index < -0.39 is 0 Å². The van der Waals surface area contributed by atoms with Crippen molar-refractivity contribution in [2.24, 2.45) is 0 Å². The van der Waals surface area contributed by atoms with Crippen LogP contribution in [0.4, 0.5) is 0 Å². The number of fused-ring (bicyclic) bond motifs is 1. The highest BCUT2D eigenvalue weighted by atomic mass is 15.3. The molecule has 0 amide bonds. The van der Waals surface area contributed by atoms with Crippen molar-refractivity contribution in [3.63, 3.8) is 0 Å². The van der Waals surface area contributed by atoms with Crippen LogP contribution in [0, 0.1) is 6.92 Å². The summed E-state index contributed by atoms with van der Waals surface area (Å²) in [5, 5.41) is 0. The second-order valence-electron chi connectivity index (χ2n) is 6.27. The van der Waals surface area contributed by atoms with Crippen LogP contribution in [0.5, 0.6) is 0 Å². The molecule has 2 atom stereocenters. The third-order valence-electron chi connectivity index (χ3n) is 4.98. The number of piperazine rings is 1. The molecular weight excluding hydrogens is 232 g/mol. The summed E-state index contributed by atoms with van der Waals surface area (Å²) < 4.78 is 0. The molecule has 0 bridgehead atoms. The molecule has 0 spiro atoms. The van der Waals surface area contributed by atoms with Crippen LogP contribution in [-0.2, 0) is 0 Å². The maximum absolute atomic E-state index is 2.71. The number of hydrogen-bond donors (Lipinski definition) is 0. The minimum absolute atomic E-state index is 0.560. The third kappa shape index (κ3) is 2.85. The molecule has 2 nitrogen and oxygen atoms in total. The van der Waals surface area contributed by atoms with Crippen LogP contribution in [0.1, 0.15) is 43.4 Å². The molecule has 3 rings (SSSR count). The summed E-state index contributed by atoms with van der Waals surface area (Å²) in [5.41, 5.74) is 2.82. The minimum Gasteiger partial charge on any atom is -0.298 e. The average molecular weight is 258 g/mol. The van der Waals surface area contributed by atoms with Gasteiger partial charge >= 0.3 is 0 Å². The van der Waals surface area contributed by atoms with Crippen molar-refractivity contribution in [1.29, 1.82) is 0 Å². The van der Waals surface area contributed by atoms with Crippen LogP contribution in [0.15, 0.2) is 24.3 Å². The van der Waals surface area contributed by atoms with E-state index in [1.165, 1.54) is 56.6 Å². The number of rotatable bonds is 2. The molecule has 2 fully saturated rings. The van der Waals surface area contributed by atoms with Crippen LogP contribution in [-0.4, -0.2) is 42.0 Å². The number of hydrogen-bond acceptors (Lipinski definition) is 2. The molecule has 0 aliphatic carbocycles. The summed E-state index contributed by atoms with van der Waals surface area (Å²) in [4.78, 5) is 5.39. The van der Waals surface area contributed by atoms with Crippen molar-refractivity contribution in [1.82, 2.24) is 9.80 Å². The molecule has 0 N–H and O–H groups in total. The Morgan fingerprint density at radius 1 is 1.05 bits per heavy atom. The first-order chi connectivity index (χ1) is 9.24. The number of nitrogens with zero attached hydrogens (tertiary/aromatic N) is 2. The third-order valence-corrected chi connectivity index (χ3v) is 4.98. The Bertz CT molecular complexity index is 412. The fraction of sp³-hybridized carbons (Fsp3) is 0.647. The van der Waals surface area contributed by atoms with E-state index in [-0.39, 0.29) is 0 Å². The first-order valence-electron chi connectivity index (χ1n) is 7.79. The molecule has 2 aliphatic heterocycles. The second-order valence-corrected chi connectivity index (χ2v) is 6.27. The van der Waals surface area contributed by atoms with E-state index in [2.05, 4.69) is 47.9 Å². The zero-order valence-corrected chi connectivity index (χ0v) is 12.3. The summed E-state index contributed by atoms with van der Waals surface area (Å²) in [6.07, 6.45) is 4.23. The van der Waals surface area contributed by atoms with Crippen molar-refractivity contribution in [2.75, 3.05) is 26.2 Å². The van der Waals surface area contributed by atoms with Crippen LogP contribution >= 0.6 is 0 Å². The van der Waals surface area contributed by atoms with Gasteiger partial charge in [0.2, 0.25) is 0 Å². The van der Waals surface area contributed by atoms with Gasteiger partial charge < -0.3 is 0 Å². The summed E-state index contributed by atoms with van der Waals surface area (Å²) in [6.45, 7) is 9.61. The highest BCUT2D eigenvalue weighted by Crippen LogP contribution is 2.27. The first-order valence-corrected chi connectivity index (χ1v) is 7.79. The van der Waals surface area contributed by atoms with Gasteiger partial charge in [-0.3, -0.25) is 9.80 Å². The molecule has 2 unspecified atom stereocenters. The maximum Gasteiger partial charge on any atom is 0.0321 e. The SMILES string of the molecule is Cc1ccc(C(C)N2CCN3CCCCC3C2)cc1. The fourth-order valence-electron chi connectivity index (χ4n) is 3.59. The monoisotopic (exact) mass is 258 g/mol. The highest BCUT2D eigenvalue weighted by Gasteiger charge is 2.30. The highest BCUT2D eigenvalue weighted by molar-refractivity contribution is 5.24. The Balaban J connectivity index is 1.67. The van der Waals surface area contributed by atoms with Crippen LogP contribution in [0.2, 0.25) is 0 Å². The topological polar surface area (TPSA) is 6.48 Å². The lowest BCUT2D eigenvalue weighted by Gasteiger charge is -2.46. The van der Waals surface area contributed by atoms with Gasteiger partial charge in [0.05, 0.1) is 0 Å². The lowest BCUT2D eigenvalue weighted by molar-refractivity contribution is 0.0307. The van der Waals surface area contributed by atoms with E-state index in [0.717, 1.165) is 6.04 Å². The molecule has 19 heavy (non-hydrogen) atoms. The van der Waals surface area contributed by atoms with Crippen LogP contribution < -0.4 is 0 Å². The van der Waals surface area contributed by atoms with Crippen LogP contribution in [0.25, 0.3) is 0 Å². The predicted octanol–water partition coefficient (Wildman–Crippen LogP) is 3.23. The van der Waals surface area contributed by atoms with Gasteiger partial charge in [-0.1, -0.05) is 36.2 Å². The van der Waals surface area contributed by atoms with Crippen molar-refractivity contribution in [3.8, 4) is 0 Å². The van der Waals surface area contributed by atoms with Gasteiger partial charge in [0.1, 0.15) is 0 Å². The predicted molar refractivity (Wildman–Crippen MR) is 80.4 cm³/mol. The van der Waals surface area contributed by atoms with Gasteiger partial charge in [0.15, 0.2) is 0 Å². The smallest absolute Gasteiger partial charge is 0.0321 e. The second kappa shape index (κ2) is 5.64. The number of benzene rings is 1. The Labute approximate surface area is 117 Å². The molecule has 0 aromatic heterocycles. The van der Waals surface area contributed by atoms with Crippen LogP contribution in [0.3, 0.4) is 0 Å². The van der Waals surface area contributed by atoms with E-state index in [4.69, 9.17) is 0 Å². The number of piperidine rings is 1. The van der Waals surface area contributed by atoms with Gasteiger partial charge in [-0.2, -0.15) is 0 Å². The molecule has 1 aromatic carbocycles. The summed E-state index contributed by atoms with van der Waals surface area (Å²) >= 11 is 0. The van der Waals surface area contributed by atoms with Gasteiger partial charge in [-0.05, 0) is 38.8 Å². The lowest BCUT2D eigenvalue weighted by Crippen LogP contribution is -2.55. The Kier molecular flexibility index (Phi) is 3.90. The Morgan fingerprint density at radius 2 is 1.84 bits per heavy atom. The summed E-state index contributed by atoms with van der Waals surface area (Å²) in [7, 11) is 0. The molecule has 0 saturated carbocycles.